The van der Waals surface area contributed by atoms with Gasteiger partial charge < -0.3 is 5.32 Å². The number of nitrogens with two attached hydrogens (primary N) is 1. The van der Waals surface area contributed by atoms with E-state index in [1.807, 2.05) is 0 Å². The van der Waals surface area contributed by atoms with Gasteiger partial charge in [0.05, 0.1) is 12.6 Å². The molecular formula is C12H22N+. The number of quaternary nitrogens is 1. The van der Waals surface area contributed by atoms with Crippen LogP contribution in [0.3, 0.4) is 0 Å². The van der Waals surface area contributed by atoms with E-state index < -0.39 is 0 Å². The van der Waals surface area contributed by atoms with E-state index in [4.69, 9.17) is 0 Å². The second-order valence-corrected chi connectivity index (χ2v) is 6.42. The lowest BCUT2D eigenvalue weighted by Gasteiger charge is -2.59. The zero-order valence-corrected chi connectivity index (χ0v) is 8.97. The summed E-state index contributed by atoms with van der Waals surface area (Å²) in [5.74, 6) is 2.17. The van der Waals surface area contributed by atoms with Gasteiger partial charge in [-0.15, -0.1) is 0 Å². The maximum atomic E-state index is 2.54. The highest BCUT2D eigenvalue weighted by atomic mass is 15.0. The van der Waals surface area contributed by atoms with Gasteiger partial charge in [-0.2, -0.15) is 0 Å². The number of rotatable bonds is 1. The van der Waals surface area contributed by atoms with E-state index in [-0.39, 0.29) is 0 Å². The Morgan fingerprint density at radius 2 is 1.69 bits per heavy atom. The van der Waals surface area contributed by atoms with Gasteiger partial charge in [-0.3, -0.25) is 0 Å². The van der Waals surface area contributed by atoms with Crippen molar-refractivity contribution in [2.45, 2.75) is 51.0 Å². The van der Waals surface area contributed by atoms with Gasteiger partial charge in [0.25, 0.3) is 0 Å². The summed E-state index contributed by atoms with van der Waals surface area (Å²) in [6.45, 7) is 2.54. The Balaban J connectivity index is 1.95. The van der Waals surface area contributed by atoms with Crippen molar-refractivity contribution in [3.63, 3.8) is 0 Å². The molecule has 2 unspecified atom stereocenters. The molecule has 13 heavy (non-hydrogen) atoms. The number of hydrogen-bond acceptors (Lipinski definition) is 0. The van der Waals surface area contributed by atoms with Crippen molar-refractivity contribution in [2.24, 2.45) is 17.3 Å². The normalized spacial score (nSPS) is 58.6. The zero-order chi connectivity index (χ0) is 9.10. The Hall–Kier alpha value is -0.0400. The minimum absolute atomic E-state index is 0.679. The zero-order valence-electron chi connectivity index (χ0n) is 8.97. The first-order valence-electron chi connectivity index (χ1n) is 5.94. The summed E-state index contributed by atoms with van der Waals surface area (Å²) in [6, 6.07) is 0. The molecule has 0 radical (unpaired) electrons. The van der Waals surface area contributed by atoms with Crippen LogP contribution in [0.2, 0.25) is 0 Å². The fraction of sp³-hybridized carbons (Fsp3) is 1.00. The maximum absolute atomic E-state index is 2.54. The quantitative estimate of drug-likeness (QED) is 0.630. The van der Waals surface area contributed by atoms with Gasteiger partial charge in [-0.25, -0.2) is 0 Å². The molecule has 0 spiro atoms. The third-order valence-corrected chi connectivity index (χ3v) is 5.01. The van der Waals surface area contributed by atoms with Crippen LogP contribution in [0.15, 0.2) is 0 Å². The van der Waals surface area contributed by atoms with Crippen LogP contribution in [0.5, 0.6) is 0 Å². The molecule has 1 heteroatoms. The van der Waals surface area contributed by atoms with Crippen molar-refractivity contribution in [3.8, 4) is 0 Å². The summed E-state index contributed by atoms with van der Waals surface area (Å²) in [7, 11) is 2.30. The van der Waals surface area contributed by atoms with E-state index in [2.05, 4.69) is 19.3 Å². The molecule has 74 valence electrons. The maximum Gasteiger partial charge on any atom is 0.0969 e. The average molecular weight is 180 g/mol. The molecule has 0 aromatic rings. The SMILES string of the molecule is C[NH2+]C12CC3CC(CC(C)(C3)C1)C2. The molecule has 4 fully saturated rings. The van der Waals surface area contributed by atoms with E-state index in [0.717, 1.165) is 17.3 Å². The predicted molar refractivity (Wildman–Crippen MR) is 53.4 cm³/mol. The van der Waals surface area contributed by atoms with Crippen molar-refractivity contribution < 1.29 is 5.32 Å². The molecule has 0 amide bonds. The molecule has 0 aromatic carbocycles. The Labute approximate surface area is 81.3 Å². The highest BCUT2D eigenvalue weighted by Gasteiger charge is 2.57. The van der Waals surface area contributed by atoms with Crippen LogP contribution in [-0.2, 0) is 0 Å². The standard InChI is InChI=1S/C12H21N/c1-11-4-9-3-10(5-11)7-12(6-9,8-11)13-2/h9-10,13H,3-8H2,1-2H3/p+1. The van der Waals surface area contributed by atoms with Gasteiger partial charge in [-0.05, 0) is 36.5 Å². The molecule has 2 N–H and O–H groups in total. The molecule has 1 nitrogen and oxygen atoms in total. The predicted octanol–water partition coefficient (Wildman–Crippen LogP) is 1.54. The minimum Gasteiger partial charge on any atom is -0.344 e. The molecule has 4 saturated carbocycles. The average Bonchev–Trinajstić information content (AvgIpc) is 1.99. The van der Waals surface area contributed by atoms with Gasteiger partial charge in [0.2, 0.25) is 0 Å². The third-order valence-electron chi connectivity index (χ3n) is 5.01. The molecule has 4 aliphatic rings. The van der Waals surface area contributed by atoms with E-state index in [1.54, 1.807) is 19.3 Å². The second-order valence-electron chi connectivity index (χ2n) is 6.42. The molecule has 0 heterocycles. The molecular weight excluding hydrogens is 158 g/mol. The first kappa shape index (κ1) is 8.28. The molecule has 4 rings (SSSR count). The van der Waals surface area contributed by atoms with Gasteiger partial charge in [0.1, 0.15) is 0 Å². The van der Waals surface area contributed by atoms with Crippen molar-refractivity contribution in [3.05, 3.63) is 0 Å². The summed E-state index contributed by atoms with van der Waals surface area (Å²) >= 11 is 0. The summed E-state index contributed by atoms with van der Waals surface area (Å²) in [5.41, 5.74) is 1.41. The van der Waals surface area contributed by atoms with Crippen LogP contribution in [0.1, 0.15) is 45.4 Å². The lowest BCUT2D eigenvalue weighted by molar-refractivity contribution is -0.718. The Morgan fingerprint density at radius 3 is 2.15 bits per heavy atom. The largest absolute Gasteiger partial charge is 0.344 e. The summed E-state index contributed by atoms with van der Waals surface area (Å²) in [6.07, 6.45) is 9.19. The molecule has 4 bridgehead atoms. The molecule has 0 aliphatic heterocycles. The molecule has 0 aromatic heterocycles. The fourth-order valence-corrected chi connectivity index (χ4v) is 5.14. The van der Waals surface area contributed by atoms with Crippen LogP contribution in [0.25, 0.3) is 0 Å². The Bertz CT molecular complexity index is 219. The fourth-order valence-electron chi connectivity index (χ4n) is 5.14. The number of hydrogen-bond donors (Lipinski definition) is 1. The topological polar surface area (TPSA) is 16.6 Å². The van der Waals surface area contributed by atoms with Gasteiger partial charge >= 0.3 is 0 Å². The lowest BCUT2D eigenvalue weighted by atomic mass is 9.47. The lowest BCUT2D eigenvalue weighted by Crippen LogP contribution is -2.96. The first-order valence-corrected chi connectivity index (χ1v) is 5.94. The second kappa shape index (κ2) is 2.31. The molecule has 4 aliphatic carbocycles. The van der Waals surface area contributed by atoms with Crippen molar-refractivity contribution in [1.29, 1.82) is 0 Å². The van der Waals surface area contributed by atoms with Crippen LogP contribution in [-0.4, -0.2) is 12.6 Å². The van der Waals surface area contributed by atoms with E-state index in [9.17, 15) is 0 Å². The summed E-state index contributed by atoms with van der Waals surface area (Å²) < 4.78 is 0. The third kappa shape index (κ3) is 1.09. The van der Waals surface area contributed by atoms with E-state index in [1.165, 1.54) is 19.3 Å². The van der Waals surface area contributed by atoms with E-state index >= 15 is 0 Å². The Kier molecular flexibility index (Phi) is 1.47. The highest BCUT2D eigenvalue weighted by Crippen LogP contribution is 2.59. The van der Waals surface area contributed by atoms with E-state index in [0.29, 0.717) is 5.54 Å². The summed E-state index contributed by atoms with van der Waals surface area (Å²) in [5, 5.41) is 2.54. The molecule has 2 atom stereocenters. The Morgan fingerprint density at radius 1 is 1.08 bits per heavy atom. The van der Waals surface area contributed by atoms with Crippen LogP contribution in [0.4, 0.5) is 0 Å². The molecule has 0 saturated heterocycles. The monoisotopic (exact) mass is 180 g/mol. The summed E-state index contributed by atoms with van der Waals surface area (Å²) in [4.78, 5) is 0. The first-order chi connectivity index (χ1) is 6.13. The van der Waals surface area contributed by atoms with Crippen molar-refractivity contribution in [2.75, 3.05) is 7.05 Å². The van der Waals surface area contributed by atoms with Crippen LogP contribution < -0.4 is 5.32 Å². The van der Waals surface area contributed by atoms with Crippen molar-refractivity contribution in [1.82, 2.24) is 0 Å². The van der Waals surface area contributed by atoms with Gasteiger partial charge in [0.15, 0.2) is 0 Å². The van der Waals surface area contributed by atoms with Gasteiger partial charge in [0, 0.05) is 19.3 Å². The minimum atomic E-state index is 0.679. The van der Waals surface area contributed by atoms with Gasteiger partial charge in [-0.1, -0.05) is 6.92 Å². The van der Waals surface area contributed by atoms with Crippen LogP contribution >= 0.6 is 0 Å². The van der Waals surface area contributed by atoms with Crippen LogP contribution in [0, 0.1) is 17.3 Å². The highest BCUT2D eigenvalue weighted by molar-refractivity contribution is 5.06. The van der Waals surface area contributed by atoms with Crippen molar-refractivity contribution >= 4 is 0 Å². The smallest absolute Gasteiger partial charge is 0.0969 e.